The van der Waals surface area contributed by atoms with Gasteiger partial charge in [0.05, 0.1) is 5.69 Å². The third-order valence-electron chi connectivity index (χ3n) is 3.61. The van der Waals surface area contributed by atoms with E-state index in [1.165, 1.54) is 6.42 Å². The first-order valence-corrected chi connectivity index (χ1v) is 8.17. The topological polar surface area (TPSA) is 89.4 Å². The van der Waals surface area contributed by atoms with E-state index >= 15 is 0 Å². The molecule has 1 aromatic rings. The highest BCUT2D eigenvalue weighted by atomic mass is 32.2. The van der Waals surface area contributed by atoms with Crippen molar-refractivity contribution in [2.24, 2.45) is 10.9 Å². The number of hydrogen-bond donors (Lipinski definition) is 2. The van der Waals surface area contributed by atoms with Gasteiger partial charge in [0.2, 0.25) is 10.0 Å². The Bertz CT molecular complexity index is 528. The molecular formula is C13H21N3O2S. The van der Waals surface area contributed by atoms with E-state index in [4.69, 9.17) is 10.9 Å². The first kappa shape index (κ1) is 14.3. The van der Waals surface area contributed by atoms with Crippen molar-refractivity contribution in [1.29, 1.82) is 0 Å². The molecule has 1 heterocycles. The van der Waals surface area contributed by atoms with Gasteiger partial charge in [-0.15, -0.1) is 0 Å². The number of primary sulfonamides is 1. The van der Waals surface area contributed by atoms with Gasteiger partial charge in [-0.3, -0.25) is 0 Å². The predicted molar refractivity (Wildman–Crippen MR) is 76.5 cm³/mol. The number of nitrogens with two attached hydrogens (primary N) is 2. The summed E-state index contributed by atoms with van der Waals surface area (Å²) in [6, 6.07) is 7.25. The first-order valence-electron chi connectivity index (χ1n) is 6.62. The molecular weight excluding hydrogens is 262 g/mol. The summed E-state index contributed by atoms with van der Waals surface area (Å²) in [6.07, 6.45) is 4.16. The van der Waals surface area contributed by atoms with Gasteiger partial charge in [-0.25, -0.2) is 13.6 Å². The van der Waals surface area contributed by atoms with E-state index in [9.17, 15) is 8.42 Å². The Kier molecular flexibility index (Phi) is 4.44. The minimum absolute atomic E-state index is 0.207. The number of hydrogen-bond acceptors (Lipinski definition) is 4. The van der Waals surface area contributed by atoms with Gasteiger partial charge in [-0.05, 0) is 44.4 Å². The average Bonchev–Trinajstić information content (AvgIpc) is 2.39. The summed E-state index contributed by atoms with van der Waals surface area (Å²) in [5.74, 6) is 0. The average molecular weight is 283 g/mol. The normalized spacial score (nSPS) is 20.5. The second-order valence-electron chi connectivity index (χ2n) is 4.93. The van der Waals surface area contributed by atoms with Gasteiger partial charge in [-0.1, -0.05) is 12.1 Å². The molecule has 1 saturated heterocycles. The molecule has 1 atom stereocenters. The van der Waals surface area contributed by atoms with Gasteiger partial charge in [-0.2, -0.15) is 0 Å². The smallest absolute Gasteiger partial charge is 0.240 e. The second-order valence-corrected chi connectivity index (χ2v) is 6.46. The standard InChI is InChI=1S/C13H21N3O2S/c14-9-8-11-5-3-4-10-16(11)12-6-1-2-7-13(12)19(15,17)18/h1-2,6-7,11H,3-5,8-10,14H2,(H2,15,17,18). The molecule has 1 aliphatic heterocycles. The van der Waals surface area contributed by atoms with Crippen molar-refractivity contribution in [3.05, 3.63) is 24.3 Å². The lowest BCUT2D eigenvalue weighted by Gasteiger charge is -2.38. The summed E-state index contributed by atoms with van der Waals surface area (Å²) in [5, 5.41) is 5.30. The molecule has 0 spiro atoms. The number of anilines is 1. The van der Waals surface area contributed by atoms with E-state index in [1.807, 2.05) is 12.1 Å². The largest absolute Gasteiger partial charge is 0.367 e. The van der Waals surface area contributed by atoms with Crippen LogP contribution in [0.15, 0.2) is 29.2 Å². The van der Waals surface area contributed by atoms with Crippen LogP contribution in [0.3, 0.4) is 0 Å². The lowest BCUT2D eigenvalue weighted by Crippen LogP contribution is -2.41. The monoisotopic (exact) mass is 283 g/mol. The Labute approximate surface area is 114 Å². The van der Waals surface area contributed by atoms with Crippen molar-refractivity contribution in [3.63, 3.8) is 0 Å². The highest BCUT2D eigenvalue weighted by Crippen LogP contribution is 2.31. The van der Waals surface area contributed by atoms with Crippen molar-refractivity contribution in [1.82, 2.24) is 0 Å². The van der Waals surface area contributed by atoms with Crippen LogP contribution in [0.25, 0.3) is 0 Å². The highest BCUT2D eigenvalue weighted by Gasteiger charge is 2.26. The van der Waals surface area contributed by atoms with Gasteiger partial charge in [0.1, 0.15) is 4.90 Å². The zero-order chi connectivity index (χ0) is 13.9. The fourth-order valence-electron chi connectivity index (χ4n) is 2.75. The van der Waals surface area contributed by atoms with Gasteiger partial charge in [0, 0.05) is 12.6 Å². The summed E-state index contributed by atoms with van der Waals surface area (Å²) in [4.78, 5) is 2.36. The van der Waals surface area contributed by atoms with E-state index in [0.29, 0.717) is 18.3 Å². The molecule has 4 N–H and O–H groups in total. The molecule has 1 aromatic carbocycles. The Morgan fingerprint density at radius 2 is 2.00 bits per heavy atom. The molecule has 5 nitrogen and oxygen atoms in total. The molecule has 0 bridgehead atoms. The molecule has 0 saturated carbocycles. The van der Waals surface area contributed by atoms with Gasteiger partial charge in [0.25, 0.3) is 0 Å². The SMILES string of the molecule is NCCC1CCCCN1c1ccccc1S(N)(=O)=O. The molecule has 1 fully saturated rings. The number of benzene rings is 1. The van der Waals surface area contributed by atoms with E-state index < -0.39 is 10.0 Å². The molecule has 0 aromatic heterocycles. The summed E-state index contributed by atoms with van der Waals surface area (Å²) in [6.45, 7) is 1.47. The zero-order valence-electron chi connectivity index (χ0n) is 11.0. The van der Waals surface area contributed by atoms with Crippen molar-refractivity contribution in [3.8, 4) is 0 Å². The Morgan fingerprint density at radius 3 is 2.68 bits per heavy atom. The number of sulfonamides is 1. The quantitative estimate of drug-likeness (QED) is 0.864. The van der Waals surface area contributed by atoms with Crippen molar-refractivity contribution in [2.75, 3.05) is 18.0 Å². The van der Waals surface area contributed by atoms with E-state index in [0.717, 1.165) is 25.8 Å². The number of piperidine rings is 1. The zero-order valence-corrected chi connectivity index (χ0v) is 11.8. The third-order valence-corrected chi connectivity index (χ3v) is 4.57. The van der Waals surface area contributed by atoms with Crippen LogP contribution in [-0.2, 0) is 10.0 Å². The highest BCUT2D eigenvalue weighted by molar-refractivity contribution is 7.89. The van der Waals surface area contributed by atoms with Crippen LogP contribution in [0, 0.1) is 0 Å². The van der Waals surface area contributed by atoms with Crippen molar-refractivity contribution < 1.29 is 8.42 Å². The van der Waals surface area contributed by atoms with E-state index in [1.54, 1.807) is 12.1 Å². The van der Waals surface area contributed by atoms with Crippen LogP contribution in [0.5, 0.6) is 0 Å². The fraction of sp³-hybridized carbons (Fsp3) is 0.538. The summed E-state index contributed by atoms with van der Waals surface area (Å²) >= 11 is 0. The minimum atomic E-state index is -3.69. The number of para-hydroxylation sites is 1. The summed E-state index contributed by atoms with van der Waals surface area (Å²) in [7, 11) is -3.69. The van der Waals surface area contributed by atoms with Crippen molar-refractivity contribution in [2.45, 2.75) is 36.6 Å². The van der Waals surface area contributed by atoms with Crippen LogP contribution in [0.2, 0.25) is 0 Å². The van der Waals surface area contributed by atoms with Gasteiger partial charge in [0.15, 0.2) is 0 Å². The van der Waals surface area contributed by atoms with Gasteiger partial charge < -0.3 is 10.6 Å². The Balaban J connectivity index is 2.39. The molecule has 0 aliphatic carbocycles. The molecule has 106 valence electrons. The number of nitrogens with zero attached hydrogens (tertiary/aromatic N) is 1. The van der Waals surface area contributed by atoms with Crippen LogP contribution in [0.4, 0.5) is 5.69 Å². The van der Waals surface area contributed by atoms with E-state index in [2.05, 4.69) is 4.90 Å². The lowest BCUT2D eigenvalue weighted by atomic mass is 9.98. The molecule has 1 unspecified atom stereocenters. The predicted octanol–water partition coefficient (Wildman–Crippen LogP) is 1.04. The second kappa shape index (κ2) is 5.90. The fourth-order valence-corrected chi connectivity index (χ4v) is 3.49. The molecule has 2 rings (SSSR count). The molecule has 0 amide bonds. The molecule has 19 heavy (non-hydrogen) atoms. The van der Waals surface area contributed by atoms with Crippen molar-refractivity contribution >= 4 is 15.7 Å². The summed E-state index contributed by atoms with van der Waals surface area (Å²) < 4.78 is 23.4. The van der Waals surface area contributed by atoms with Crippen LogP contribution < -0.4 is 15.8 Å². The molecule has 6 heteroatoms. The van der Waals surface area contributed by atoms with Gasteiger partial charge >= 0.3 is 0 Å². The minimum Gasteiger partial charge on any atom is -0.367 e. The maximum atomic E-state index is 11.7. The summed E-state index contributed by atoms with van der Waals surface area (Å²) in [5.41, 5.74) is 6.37. The van der Waals surface area contributed by atoms with E-state index in [-0.39, 0.29) is 4.90 Å². The Morgan fingerprint density at radius 1 is 1.26 bits per heavy atom. The maximum Gasteiger partial charge on any atom is 0.240 e. The lowest BCUT2D eigenvalue weighted by molar-refractivity contribution is 0.439. The first-order chi connectivity index (χ1) is 9.04. The molecule has 0 radical (unpaired) electrons. The third kappa shape index (κ3) is 3.26. The van der Waals surface area contributed by atoms with Crippen LogP contribution in [0.1, 0.15) is 25.7 Å². The van der Waals surface area contributed by atoms with Crippen LogP contribution in [-0.4, -0.2) is 27.5 Å². The Hall–Kier alpha value is -1.11. The maximum absolute atomic E-state index is 11.7. The number of rotatable bonds is 4. The molecule has 1 aliphatic rings. The van der Waals surface area contributed by atoms with Crippen LogP contribution >= 0.6 is 0 Å².